The molecule has 0 atom stereocenters. The first kappa shape index (κ1) is 18.9. The summed E-state index contributed by atoms with van der Waals surface area (Å²) >= 11 is 0. The van der Waals surface area contributed by atoms with Crippen molar-refractivity contribution in [1.29, 1.82) is 0 Å². The summed E-state index contributed by atoms with van der Waals surface area (Å²) in [6, 6.07) is 0. The molecule has 0 bridgehead atoms. The molecule has 0 aromatic carbocycles. The van der Waals surface area contributed by atoms with Crippen LogP contribution in [0.5, 0.6) is 0 Å². The monoisotopic (exact) mass is 261 g/mol. The Kier molecular flexibility index (Phi) is 12.6. The molecule has 0 aliphatic heterocycles. The van der Waals surface area contributed by atoms with Crippen LogP contribution >= 0.6 is 0 Å². The van der Waals surface area contributed by atoms with Crippen LogP contribution in [0, 0.1) is 0 Å². The second kappa shape index (κ2) is 10.7. The Morgan fingerprint density at radius 2 is 2.00 bits per heavy atom. The van der Waals surface area contributed by atoms with Crippen molar-refractivity contribution in [3.8, 4) is 0 Å². The molecule has 2 N–H and O–H groups in total. The van der Waals surface area contributed by atoms with E-state index >= 15 is 0 Å². The van der Waals surface area contributed by atoms with Crippen molar-refractivity contribution in [2.75, 3.05) is 18.8 Å². The maximum absolute atomic E-state index is 11.2. The summed E-state index contributed by atoms with van der Waals surface area (Å²) in [5, 5.41) is 2.68. The van der Waals surface area contributed by atoms with Gasteiger partial charge in [-0.05, 0) is 6.42 Å². The number of Topliss-reactive ketones (excluding diaryl/α,β-unsaturated/α-hetero) is 1. The number of carbonyl (C=O) groups excluding carboxylic acids is 1. The summed E-state index contributed by atoms with van der Waals surface area (Å²) in [6.07, 6.45) is 3.53. The average Bonchev–Trinajstić information content (AvgIpc) is 2.11. The molecule has 16 heavy (non-hydrogen) atoms. The second-order valence-corrected chi connectivity index (χ2v) is 5.03. The van der Waals surface area contributed by atoms with Crippen molar-refractivity contribution in [3.05, 3.63) is 0 Å². The minimum absolute atomic E-state index is 0. The van der Waals surface area contributed by atoms with Gasteiger partial charge >= 0.3 is 29.6 Å². The summed E-state index contributed by atoms with van der Waals surface area (Å²) in [6.45, 7) is 2.35. The number of rotatable bonds is 9. The Balaban J connectivity index is -0.000000980. The van der Waals surface area contributed by atoms with Gasteiger partial charge in [0.05, 0.1) is 12.3 Å². The third-order valence-corrected chi connectivity index (χ3v) is 2.64. The minimum atomic E-state index is -3.92. The van der Waals surface area contributed by atoms with E-state index in [1.54, 1.807) is 0 Å². The van der Waals surface area contributed by atoms with Crippen molar-refractivity contribution in [2.24, 2.45) is 0 Å². The topological polar surface area (TPSA) is 83.5 Å². The molecule has 0 rings (SSSR count). The fourth-order valence-corrected chi connectivity index (χ4v) is 1.49. The Bertz CT molecular complexity index is 285. The van der Waals surface area contributed by atoms with Crippen molar-refractivity contribution in [1.82, 2.24) is 5.32 Å². The van der Waals surface area contributed by atoms with Gasteiger partial charge in [-0.15, -0.1) is 0 Å². The van der Waals surface area contributed by atoms with E-state index in [-0.39, 0.29) is 55.6 Å². The molecule has 0 aliphatic carbocycles. The maximum atomic E-state index is 11.2. The molecule has 0 amide bonds. The number of ketones is 1. The van der Waals surface area contributed by atoms with Gasteiger partial charge < -0.3 is 6.74 Å². The second-order valence-electron chi connectivity index (χ2n) is 3.46. The fourth-order valence-electron chi connectivity index (χ4n) is 1.09. The fraction of sp³-hybridized carbons (Fsp3) is 0.889. The zero-order valence-corrected chi connectivity index (χ0v) is 12.8. The van der Waals surface area contributed by atoms with E-state index < -0.39 is 10.1 Å². The number of carbonyl (C=O) groups is 1. The normalized spacial score (nSPS) is 10.9. The van der Waals surface area contributed by atoms with E-state index in [2.05, 4.69) is 12.2 Å². The molecule has 0 unspecified atom stereocenters. The molecule has 0 aromatic rings. The zero-order chi connectivity index (χ0) is 11.7. The molecular formula is C9H20NNaO4S. The van der Waals surface area contributed by atoms with Crippen molar-refractivity contribution in [3.63, 3.8) is 0 Å². The van der Waals surface area contributed by atoms with Gasteiger partial charge in [0.15, 0.2) is 0 Å². The molecule has 0 saturated heterocycles. The predicted molar refractivity (Wildman–Crippen MR) is 59.5 cm³/mol. The van der Waals surface area contributed by atoms with E-state index in [4.69, 9.17) is 4.55 Å². The van der Waals surface area contributed by atoms with E-state index in [1.807, 2.05) is 0 Å². The number of hydrogen-bond donors (Lipinski definition) is 2. The maximum Gasteiger partial charge on any atom is 1.00 e. The van der Waals surface area contributed by atoms with Crippen LogP contribution in [0.3, 0.4) is 0 Å². The van der Waals surface area contributed by atoms with Gasteiger partial charge in [0.1, 0.15) is 5.78 Å². The van der Waals surface area contributed by atoms with Crippen LogP contribution in [0.15, 0.2) is 0 Å². The molecule has 0 aromatic heterocycles. The van der Waals surface area contributed by atoms with Crippen LogP contribution in [0.2, 0.25) is 0 Å². The van der Waals surface area contributed by atoms with Crippen LogP contribution in [-0.4, -0.2) is 37.6 Å². The Labute approximate surface area is 121 Å². The summed E-state index contributed by atoms with van der Waals surface area (Å²) in [7, 11) is -3.92. The van der Waals surface area contributed by atoms with Gasteiger partial charge in [-0.2, -0.15) is 8.42 Å². The SMILES string of the molecule is CCCCCC(=O)CNCCS(=O)(=O)O.[H-].[Na+]. The Morgan fingerprint density at radius 3 is 2.50 bits per heavy atom. The number of nitrogens with one attached hydrogen (secondary N) is 1. The first-order valence-electron chi connectivity index (χ1n) is 5.13. The molecular weight excluding hydrogens is 241 g/mol. The van der Waals surface area contributed by atoms with Gasteiger partial charge in [0.25, 0.3) is 10.1 Å². The first-order chi connectivity index (χ1) is 6.95. The molecule has 7 heteroatoms. The van der Waals surface area contributed by atoms with E-state index in [0.717, 1.165) is 19.3 Å². The molecule has 5 nitrogen and oxygen atoms in total. The smallest absolute Gasteiger partial charge is 1.00 e. The van der Waals surface area contributed by atoms with Crippen molar-refractivity contribution >= 4 is 15.9 Å². The van der Waals surface area contributed by atoms with Crippen LogP contribution in [-0.2, 0) is 14.9 Å². The van der Waals surface area contributed by atoms with Crippen molar-refractivity contribution < 1.29 is 48.7 Å². The van der Waals surface area contributed by atoms with Gasteiger partial charge in [0, 0.05) is 13.0 Å². The van der Waals surface area contributed by atoms with Crippen LogP contribution in [0.4, 0.5) is 0 Å². The summed E-state index contributed by atoms with van der Waals surface area (Å²) < 4.78 is 29.0. The standard InChI is InChI=1S/C9H19NO4S.Na.H/c1-2-3-4-5-9(11)8-10-6-7-15(12,13)14;;/h10H,2-8H2,1H3,(H,12,13,14);;/q;+1;-1. The van der Waals surface area contributed by atoms with Crippen LogP contribution in [0.1, 0.15) is 34.0 Å². The summed E-state index contributed by atoms with van der Waals surface area (Å²) in [5.74, 6) is -0.270. The third-order valence-electron chi connectivity index (χ3n) is 1.92. The van der Waals surface area contributed by atoms with E-state index in [0.29, 0.717) is 6.42 Å². The van der Waals surface area contributed by atoms with E-state index in [1.165, 1.54) is 0 Å². The van der Waals surface area contributed by atoms with Crippen LogP contribution < -0.4 is 34.9 Å². The summed E-state index contributed by atoms with van der Waals surface area (Å²) in [5.41, 5.74) is 0. The summed E-state index contributed by atoms with van der Waals surface area (Å²) in [4.78, 5) is 11.2. The molecule has 0 fully saturated rings. The predicted octanol–water partition coefficient (Wildman–Crippen LogP) is -2.27. The third kappa shape index (κ3) is 14.5. The first-order valence-corrected chi connectivity index (χ1v) is 6.74. The Hall–Kier alpha value is 0.540. The van der Waals surface area contributed by atoms with E-state index in [9.17, 15) is 13.2 Å². The molecule has 0 radical (unpaired) electrons. The quantitative estimate of drug-likeness (QED) is 0.278. The molecule has 92 valence electrons. The molecule has 0 heterocycles. The average molecular weight is 261 g/mol. The number of hydrogen-bond acceptors (Lipinski definition) is 4. The van der Waals surface area contributed by atoms with Crippen LogP contribution in [0.25, 0.3) is 0 Å². The van der Waals surface area contributed by atoms with Gasteiger partial charge in [-0.3, -0.25) is 9.35 Å². The Morgan fingerprint density at radius 1 is 1.38 bits per heavy atom. The number of unbranched alkanes of at least 4 members (excludes halogenated alkanes) is 2. The largest absolute Gasteiger partial charge is 1.00 e. The van der Waals surface area contributed by atoms with Gasteiger partial charge in [-0.25, -0.2) is 0 Å². The molecule has 0 saturated carbocycles. The van der Waals surface area contributed by atoms with Gasteiger partial charge in [0.2, 0.25) is 0 Å². The van der Waals surface area contributed by atoms with Gasteiger partial charge in [-0.1, -0.05) is 19.8 Å². The minimum Gasteiger partial charge on any atom is -1.00 e. The zero-order valence-electron chi connectivity index (χ0n) is 11.0. The van der Waals surface area contributed by atoms with Crippen molar-refractivity contribution in [2.45, 2.75) is 32.6 Å². The molecule has 0 spiro atoms. The molecule has 0 aliphatic rings.